The van der Waals surface area contributed by atoms with Crippen molar-refractivity contribution < 1.29 is 18.9 Å². The molecule has 2 aliphatic heterocycles. The molecule has 10 heteroatoms. The van der Waals surface area contributed by atoms with Gasteiger partial charge in [0.25, 0.3) is 5.56 Å². The van der Waals surface area contributed by atoms with Crippen LogP contribution in [0.5, 0.6) is 5.75 Å². The first-order valence-corrected chi connectivity index (χ1v) is 12.3. The number of anilines is 1. The van der Waals surface area contributed by atoms with Crippen molar-refractivity contribution in [2.24, 2.45) is 7.05 Å². The summed E-state index contributed by atoms with van der Waals surface area (Å²) in [5, 5.41) is 13.1. The molecular weight excluding hydrogens is 480 g/mol. The number of hydrogen-bond donors (Lipinski definition) is 2. The number of fused-ring (bicyclic) bond motifs is 2. The van der Waals surface area contributed by atoms with E-state index in [1.165, 1.54) is 25.2 Å². The number of nitrogens with one attached hydrogen (secondary N) is 1. The molecule has 2 saturated heterocycles. The maximum atomic E-state index is 15.7. The molecule has 196 valence electrons. The van der Waals surface area contributed by atoms with E-state index in [-0.39, 0.29) is 17.3 Å². The van der Waals surface area contributed by atoms with E-state index < -0.39 is 23.2 Å². The Morgan fingerprint density at radius 2 is 1.95 bits per heavy atom. The zero-order valence-corrected chi connectivity index (χ0v) is 21.3. The van der Waals surface area contributed by atoms with Gasteiger partial charge in [-0.1, -0.05) is 6.07 Å². The molecule has 2 bridgehead atoms. The quantitative estimate of drug-likeness (QED) is 0.299. The molecule has 0 radical (unpaired) electrons. The molecule has 2 aromatic heterocycles. The third-order valence-electron chi connectivity index (χ3n) is 8.01. The van der Waals surface area contributed by atoms with Gasteiger partial charge in [0.2, 0.25) is 0 Å². The number of benzene rings is 1. The Hall–Kier alpha value is -3.37. The molecule has 37 heavy (non-hydrogen) atoms. The Bertz CT molecular complexity index is 1380. The first-order chi connectivity index (χ1) is 17.5. The maximum absolute atomic E-state index is 15.7. The predicted molar refractivity (Wildman–Crippen MR) is 137 cm³/mol. The van der Waals surface area contributed by atoms with Crippen LogP contribution in [0.15, 0.2) is 47.5 Å². The predicted octanol–water partition coefficient (Wildman–Crippen LogP) is 4.34. The number of aromatic nitrogens is 3. The van der Waals surface area contributed by atoms with Crippen LogP contribution in [0.3, 0.4) is 0 Å². The fraction of sp³-hybridized carbons (Fsp3) is 0.444. The normalized spacial score (nSPS) is 27.1. The van der Waals surface area contributed by atoms with Gasteiger partial charge in [-0.2, -0.15) is 4.39 Å². The number of alkyl halides is 1. The average molecular weight is 512 g/mol. The first kappa shape index (κ1) is 25.3. The van der Waals surface area contributed by atoms with Crippen LogP contribution < -0.4 is 20.7 Å². The maximum Gasteiger partial charge on any atom is 0.253 e. The summed E-state index contributed by atoms with van der Waals surface area (Å²) in [5.74, 6) is -0.0633. The van der Waals surface area contributed by atoms with Crippen molar-refractivity contribution in [3.05, 3.63) is 59.0 Å². The van der Waals surface area contributed by atoms with Gasteiger partial charge in [-0.25, -0.2) is 14.6 Å². The van der Waals surface area contributed by atoms with Crippen LogP contribution >= 0.6 is 0 Å². The zero-order valence-electron chi connectivity index (χ0n) is 21.3. The molecule has 0 unspecified atom stereocenters. The third-order valence-corrected chi connectivity index (χ3v) is 8.01. The molecule has 5 rings (SSSR count). The molecule has 0 spiro atoms. The van der Waals surface area contributed by atoms with E-state index >= 15 is 4.39 Å². The number of pyridine rings is 1. The van der Waals surface area contributed by atoms with Crippen molar-refractivity contribution in [2.45, 2.75) is 62.8 Å². The molecular formula is C27H31F2N5O3. The summed E-state index contributed by atoms with van der Waals surface area (Å²) in [4.78, 5) is 27.5. The summed E-state index contributed by atoms with van der Waals surface area (Å²) >= 11 is 0. The Kier molecular flexibility index (Phi) is 6.27. The van der Waals surface area contributed by atoms with Crippen molar-refractivity contribution in [1.82, 2.24) is 19.9 Å². The summed E-state index contributed by atoms with van der Waals surface area (Å²) in [7, 11) is 3.19. The third kappa shape index (κ3) is 4.48. The largest absolute Gasteiger partial charge is 0.352 e. The molecule has 4 heterocycles. The van der Waals surface area contributed by atoms with Crippen molar-refractivity contribution in [3.63, 3.8) is 0 Å². The van der Waals surface area contributed by atoms with Crippen LogP contribution in [0.2, 0.25) is 0 Å². The van der Waals surface area contributed by atoms with Gasteiger partial charge in [0.05, 0.1) is 24.1 Å². The smallest absolute Gasteiger partial charge is 0.253 e. The van der Waals surface area contributed by atoms with E-state index in [0.29, 0.717) is 34.6 Å². The molecule has 0 amide bonds. The molecule has 4 atom stereocenters. The van der Waals surface area contributed by atoms with Crippen LogP contribution in [0.1, 0.15) is 39.5 Å². The highest BCUT2D eigenvalue weighted by Gasteiger charge is 2.53. The van der Waals surface area contributed by atoms with Crippen LogP contribution in [-0.4, -0.2) is 50.1 Å². The summed E-state index contributed by atoms with van der Waals surface area (Å²) in [5.41, 5.74) is 0.538. The van der Waals surface area contributed by atoms with Crippen molar-refractivity contribution in [3.8, 4) is 28.1 Å². The van der Waals surface area contributed by atoms with Crippen molar-refractivity contribution in [1.29, 1.82) is 0 Å². The number of piperidine rings is 2. The highest BCUT2D eigenvalue weighted by Crippen LogP contribution is 2.43. The zero-order chi connectivity index (χ0) is 26.5. The van der Waals surface area contributed by atoms with Crippen molar-refractivity contribution >= 4 is 5.82 Å². The molecule has 2 fully saturated rings. The Labute approximate surface area is 213 Å². The average Bonchev–Trinajstić information content (AvgIpc) is 2.88. The number of rotatable bonds is 5. The summed E-state index contributed by atoms with van der Waals surface area (Å²) < 4.78 is 30.6. The second-order valence-electron chi connectivity index (χ2n) is 10.8. The van der Waals surface area contributed by atoms with E-state index in [9.17, 15) is 14.4 Å². The summed E-state index contributed by atoms with van der Waals surface area (Å²) in [6, 6.07) is 7.02. The topological polar surface area (TPSA) is 92.5 Å². The van der Waals surface area contributed by atoms with Gasteiger partial charge in [0, 0.05) is 36.8 Å². The van der Waals surface area contributed by atoms with E-state index in [1.807, 2.05) is 18.9 Å². The Balaban J connectivity index is 1.41. The molecule has 2 aliphatic rings. The second kappa shape index (κ2) is 9.18. The highest BCUT2D eigenvalue weighted by molar-refractivity contribution is 5.74. The molecule has 1 aromatic carbocycles. The number of hydrogen-bond acceptors (Lipinski definition) is 7. The highest BCUT2D eigenvalue weighted by atomic mass is 19.1. The molecule has 3 aromatic rings. The Morgan fingerprint density at radius 1 is 1.16 bits per heavy atom. The minimum Gasteiger partial charge on any atom is -0.352 e. The lowest BCUT2D eigenvalue weighted by Crippen LogP contribution is -2.72. The summed E-state index contributed by atoms with van der Waals surface area (Å²) in [6.07, 6.45) is 5.54. The lowest BCUT2D eigenvalue weighted by atomic mass is 9.68. The van der Waals surface area contributed by atoms with Gasteiger partial charge >= 0.3 is 0 Å². The van der Waals surface area contributed by atoms with Crippen LogP contribution in [0.25, 0.3) is 22.4 Å². The number of halogens is 2. The molecule has 0 saturated carbocycles. The minimum absolute atomic E-state index is 0.0739. The van der Waals surface area contributed by atoms with Crippen LogP contribution in [-0.2, 0) is 7.05 Å². The van der Waals surface area contributed by atoms with Gasteiger partial charge in [-0.3, -0.25) is 14.3 Å². The van der Waals surface area contributed by atoms with Gasteiger partial charge < -0.3 is 15.1 Å². The molecule has 2 N–H and O–H groups in total. The first-order valence-electron chi connectivity index (χ1n) is 12.3. The standard InChI is InChI=1S/C27H31F2N5O3/c1-26-8-5-9-27(2,32-26)25(29)20(13-26)33(3)23-15-30-19(14-31-23)18-7-6-16(10-21(18)37-36)17-11-22(28)34(4)24(35)12-17/h6-7,10-12,14-15,20,25,32,36H,5,8-9,13H2,1-4H3/t20-,25-,26-,27+/m1/s1. The van der Waals surface area contributed by atoms with E-state index in [0.717, 1.165) is 23.8 Å². The number of nitrogens with zero attached hydrogens (tertiary/aromatic N) is 4. The molecule has 0 aliphatic carbocycles. The second-order valence-corrected chi connectivity index (χ2v) is 10.8. The fourth-order valence-electron chi connectivity index (χ4n) is 5.91. The lowest BCUT2D eigenvalue weighted by Gasteiger charge is -2.56. The van der Waals surface area contributed by atoms with Crippen LogP contribution in [0, 0.1) is 5.95 Å². The molecule has 8 nitrogen and oxygen atoms in total. The minimum atomic E-state index is -1.06. The van der Waals surface area contributed by atoms with Gasteiger partial charge in [0.15, 0.2) is 11.7 Å². The van der Waals surface area contributed by atoms with E-state index in [2.05, 4.69) is 27.1 Å². The fourth-order valence-corrected chi connectivity index (χ4v) is 5.91. The van der Waals surface area contributed by atoms with E-state index in [4.69, 9.17) is 0 Å². The monoisotopic (exact) mass is 511 g/mol. The lowest BCUT2D eigenvalue weighted by molar-refractivity contribution is -0.137. The summed E-state index contributed by atoms with van der Waals surface area (Å²) in [6.45, 7) is 4.12. The Morgan fingerprint density at radius 3 is 2.62 bits per heavy atom. The van der Waals surface area contributed by atoms with Crippen LogP contribution in [0.4, 0.5) is 14.6 Å². The van der Waals surface area contributed by atoms with Gasteiger partial charge in [-0.05, 0) is 68.9 Å². The van der Waals surface area contributed by atoms with Gasteiger partial charge in [0.1, 0.15) is 12.0 Å². The van der Waals surface area contributed by atoms with E-state index in [1.54, 1.807) is 24.5 Å². The van der Waals surface area contributed by atoms with Crippen molar-refractivity contribution in [2.75, 3.05) is 11.9 Å². The SMILES string of the molecule is CN(c1cnc(-c2ccc(-c3cc(F)n(C)c(=O)c3)cc2OO)cn1)[C@@H]1C[C@@]2(C)CCC[C@](C)(N2)[C@@H]1F. The van der Waals surface area contributed by atoms with Gasteiger partial charge in [-0.15, -0.1) is 0 Å².